The van der Waals surface area contributed by atoms with Crippen LogP contribution in [-0.2, 0) is 36.8 Å². The highest BCUT2D eigenvalue weighted by atomic mass is 16.4. The molecule has 2 heterocycles. The van der Waals surface area contributed by atoms with Crippen LogP contribution in [0.4, 0.5) is 0 Å². The van der Waals surface area contributed by atoms with Gasteiger partial charge < -0.3 is 42.5 Å². The number of aliphatic carboxylic acids is 1. The summed E-state index contributed by atoms with van der Waals surface area (Å²) in [6.07, 6.45) is 3.42. The van der Waals surface area contributed by atoms with Gasteiger partial charge in [0.1, 0.15) is 12.1 Å². The number of hydrogen-bond acceptors (Lipinski definition) is 6. The van der Waals surface area contributed by atoms with Crippen LogP contribution in [0.25, 0.3) is 21.8 Å². The number of H-pyrrole nitrogens is 2. The fourth-order valence-electron chi connectivity index (χ4n) is 4.69. The van der Waals surface area contributed by atoms with E-state index in [1.165, 1.54) is 0 Å². The first-order valence-corrected chi connectivity index (χ1v) is 13.4. The lowest BCUT2D eigenvalue weighted by atomic mass is 10.0. The summed E-state index contributed by atoms with van der Waals surface area (Å²) in [5.41, 5.74) is 14.2. The van der Waals surface area contributed by atoms with Gasteiger partial charge in [-0.15, -0.1) is 0 Å². The Morgan fingerprint density at radius 2 is 1.33 bits per heavy atom. The molecule has 220 valence electrons. The number of hydrogen-bond donors (Lipinski definition) is 8. The molecule has 0 saturated carbocycles. The van der Waals surface area contributed by atoms with Crippen molar-refractivity contribution in [3.8, 4) is 0 Å². The second-order valence-corrected chi connectivity index (χ2v) is 9.98. The average Bonchev–Trinajstić information content (AvgIpc) is 3.57. The first-order valence-electron chi connectivity index (χ1n) is 13.4. The van der Waals surface area contributed by atoms with E-state index in [1.807, 2.05) is 48.5 Å². The number of amides is 4. The molecule has 4 rings (SSSR count). The predicted molar refractivity (Wildman–Crippen MR) is 155 cm³/mol. The van der Waals surface area contributed by atoms with E-state index in [-0.39, 0.29) is 25.7 Å². The van der Waals surface area contributed by atoms with E-state index in [0.29, 0.717) is 0 Å². The van der Waals surface area contributed by atoms with Gasteiger partial charge in [-0.1, -0.05) is 36.4 Å². The number of carboxylic acids is 1. The molecule has 10 N–H and O–H groups in total. The average molecular weight is 576 g/mol. The topological polar surface area (TPSA) is 225 Å². The Hall–Kier alpha value is -5.17. The molecule has 0 aliphatic carbocycles. The van der Waals surface area contributed by atoms with Crippen LogP contribution >= 0.6 is 0 Å². The number of nitrogens with one attached hydrogen (secondary N) is 5. The van der Waals surface area contributed by atoms with Crippen LogP contribution in [0.5, 0.6) is 0 Å². The zero-order valence-electron chi connectivity index (χ0n) is 22.7. The summed E-state index contributed by atoms with van der Waals surface area (Å²) >= 11 is 0. The molecule has 13 nitrogen and oxygen atoms in total. The first-order chi connectivity index (χ1) is 20.1. The molecule has 4 aromatic rings. The van der Waals surface area contributed by atoms with E-state index in [2.05, 4.69) is 25.9 Å². The second kappa shape index (κ2) is 13.5. The predicted octanol–water partition coefficient (Wildman–Crippen LogP) is 0.198. The minimum Gasteiger partial charge on any atom is -0.480 e. The molecule has 2 aromatic heterocycles. The first kappa shape index (κ1) is 29.8. The van der Waals surface area contributed by atoms with E-state index in [0.717, 1.165) is 32.9 Å². The van der Waals surface area contributed by atoms with Gasteiger partial charge in [0.2, 0.25) is 23.6 Å². The van der Waals surface area contributed by atoms with Crippen molar-refractivity contribution in [1.82, 2.24) is 25.9 Å². The van der Waals surface area contributed by atoms with Gasteiger partial charge in [-0.25, -0.2) is 4.79 Å². The van der Waals surface area contributed by atoms with Gasteiger partial charge in [0.05, 0.1) is 12.6 Å². The van der Waals surface area contributed by atoms with Crippen molar-refractivity contribution in [3.05, 3.63) is 72.1 Å². The van der Waals surface area contributed by atoms with Crippen LogP contribution < -0.4 is 27.4 Å². The van der Waals surface area contributed by atoms with Crippen LogP contribution in [0.15, 0.2) is 60.9 Å². The third-order valence-electron chi connectivity index (χ3n) is 6.93. The number of benzene rings is 2. The van der Waals surface area contributed by atoms with Crippen LogP contribution in [-0.4, -0.2) is 69.3 Å². The molecule has 0 radical (unpaired) electrons. The second-order valence-electron chi connectivity index (χ2n) is 9.98. The number of fused-ring (bicyclic) bond motifs is 2. The molecule has 0 fully saturated rings. The molecule has 0 saturated heterocycles. The third kappa shape index (κ3) is 7.52. The molecule has 4 amide bonds. The van der Waals surface area contributed by atoms with Crippen molar-refractivity contribution >= 4 is 51.4 Å². The monoisotopic (exact) mass is 575 g/mol. The fourth-order valence-corrected chi connectivity index (χ4v) is 4.69. The molecule has 0 aliphatic rings. The Labute approximate surface area is 240 Å². The molecule has 42 heavy (non-hydrogen) atoms. The number of nitrogens with two attached hydrogens (primary N) is 2. The molecule has 13 heteroatoms. The molecular formula is C29H33N7O6. The quantitative estimate of drug-likeness (QED) is 0.104. The van der Waals surface area contributed by atoms with E-state index >= 15 is 0 Å². The van der Waals surface area contributed by atoms with Crippen LogP contribution in [0.2, 0.25) is 0 Å². The zero-order chi connectivity index (χ0) is 30.2. The summed E-state index contributed by atoms with van der Waals surface area (Å²) in [5.74, 6) is -3.89. The third-order valence-corrected chi connectivity index (χ3v) is 6.93. The van der Waals surface area contributed by atoms with Crippen molar-refractivity contribution in [2.24, 2.45) is 11.5 Å². The van der Waals surface area contributed by atoms with E-state index in [1.54, 1.807) is 12.4 Å². The number of para-hydroxylation sites is 2. The van der Waals surface area contributed by atoms with Crippen molar-refractivity contribution in [2.45, 2.75) is 43.8 Å². The minimum absolute atomic E-state index is 0.00198. The molecular weight excluding hydrogens is 542 g/mol. The molecule has 0 aliphatic heterocycles. The number of carbonyl (C=O) groups excluding carboxylic acids is 4. The van der Waals surface area contributed by atoms with Crippen molar-refractivity contribution in [3.63, 3.8) is 0 Å². The maximum absolute atomic E-state index is 13.2. The highest BCUT2D eigenvalue weighted by Crippen LogP contribution is 2.20. The van der Waals surface area contributed by atoms with E-state index in [9.17, 15) is 29.1 Å². The maximum atomic E-state index is 13.2. The Bertz CT molecular complexity index is 1610. The molecule has 3 atom stereocenters. The maximum Gasteiger partial charge on any atom is 0.326 e. The van der Waals surface area contributed by atoms with Gasteiger partial charge >= 0.3 is 5.97 Å². The van der Waals surface area contributed by atoms with Crippen LogP contribution in [0.3, 0.4) is 0 Å². The van der Waals surface area contributed by atoms with Crippen molar-refractivity contribution < 1.29 is 29.1 Å². The zero-order valence-corrected chi connectivity index (χ0v) is 22.7. The molecule has 0 bridgehead atoms. The fraction of sp³-hybridized carbons (Fsp3) is 0.276. The lowest BCUT2D eigenvalue weighted by molar-refractivity contribution is -0.141. The minimum atomic E-state index is -1.24. The van der Waals surface area contributed by atoms with E-state index < -0.39 is 54.3 Å². The highest BCUT2D eigenvalue weighted by molar-refractivity contribution is 5.94. The van der Waals surface area contributed by atoms with Gasteiger partial charge in [0.15, 0.2) is 0 Å². The Balaban J connectivity index is 1.41. The number of primary amides is 1. The number of carbonyl (C=O) groups is 5. The summed E-state index contributed by atoms with van der Waals surface area (Å²) in [6, 6.07) is 11.4. The van der Waals surface area contributed by atoms with Crippen molar-refractivity contribution in [1.29, 1.82) is 0 Å². The van der Waals surface area contributed by atoms with Crippen molar-refractivity contribution in [2.75, 3.05) is 6.54 Å². The normalized spacial score (nSPS) is 13.3. The van der Waals surface area contributed by atoms with Crippen LogP contribution in [0, 0.1) is 0 Å². The Morgan fingerprint density at radius 3 is 1.88 bits per heavy atom. The standard InChI is InChI=1S/C29H33N7O6/c30-20(9-10-25(31)37)27(39)36-23(11-16-13-32-21-7-3-1-5-18(16)21)28(40)34-15-26(38)35-24(29(41)42)12-17-14-33-22-8-4-2-6-19(17)22/h1-8,13-14,20,23-24,32-33H,9-12,15,30H2,(H2,31,37)(H,34,40)(H,35,38)(H,36,39)(H,41,42). The van der Waals surface area contributed by atoms with Gasteiger partial charge in [-0.3, -0.25) is 19.2 Å². The summed E-state index contributed by atoms with van der Waals surface area (Å²) < 4.78 is 0. The highest BCUT2D eigenvalue weighted by Gasteiger charge is 2.27. The van der Waals surface area contributed by atoms with Crippen LogP contribution in [0.1, 0.15) is 24.0 Å². The van der Waals surface area contributed by atoms with Gasteiger partial charge in [0.25, 0.3) is 0 Å². The number of rotatable bonds is 14. The molecule has 3 unspecified atom stereocenters. The number of carboxylic acid groups (broad SMARTS) is 1. The largest absolute Gasteiger partial charge is 0.480 e. The summed E-state index contributed by atoms with van der Waals surface area (Å²) in [4.78, 5) is 67.8. The van der Waals surface area contributed by atoms with Gasteiger partial charge in [-0.05, 0) is 29.7 Å². The SMILES string of the molecule is NC(=O)CCC(N)C(=O)NC(Cc1c[nH]c2ccccc12)C(=O)NCC(=O)NC(Cc1c[nH]c2ccccc12)C(=O)O. The Morgan fingerprint density at radius 1 is 0.786 bits per heavy atom. The summed E-state index contributed by atoms with van der Waals surface area (Å²) in [7, 11) is 0. The molecule has 2 aromatic carbocycles. The van der Waals surface area contributed by atoms with Gasteiger partial charge in [-0.2, -0.15) is 0 Å². The van der Waals surface area contributed by atoms with E-state index in [4.69, 9.17) is 11.5 Å². The lowest BCUT2D eigenvalue weighted by Gasteiger charge is -2.21. The lowest BCUT2D eigenvalue weighted by Crippen LogP contribution is -2.54. The molecule has 0 spiro atoms. The number of aromatic nitrogens is 2. The summed E-state index contributed by atoms with van der Waals surface area (Å²) in [6.45, 7) is -0.523. The number of aromatic amines is 2. The van der Waals surface area contributed by atoms with Gasteiger partial charge in [0, 0.05) is 53.5 Å². The smallest absolute Gasteiger partial charge is 0.326 e. The summed E-state index contributed by atoms with van der Waals surface area (Å²) in [5, 5.41) is 18.9. The Kier molecular flexibility index (Phi) is 9.55.